The summed E-state index contributed by atoms with van der Waals surface area (Å²) < 4.78 is 15.6. The van der Waals surface area contributed by atoms with E-state index in [1.165, 1.54) is 13.4 Å². The highest BCUT2D eigenvalue weighted by molar-refractivity contribution is 5.99. The summed E-state index contributed by atoms with van der Waals surface area (Å²) in [7, 11) is 1.48. The number of hydrogen-bond donors (Lipinski definition) is 1. The standard InChI is InChI=1S/C20H19NO5/c1-13(17-8-5-9-25-17)21-19(22)12-26-20(23)16-10-14-6-3-4-7-15(14)11-18(16)24-2/h3-11,13H,12H2,1-2H3,(H,21,22)/t13-/m0/s1. The van der Waals surface area contributed by atoms with Crippen LogP contribution >= 0.6 is 0 Å². The maximum atomic E-state index is 12.4. The van der Waals surface area contributed by atoms with Crippen molar-refractivity contribution in [3.8, 4) is 5.75 Å². The molecule has 26 heavy (non-hydrogen) atoms. The molecule has 0 aliphatic rings. The molecule has 0 fully saturated rings. The highest BCUT2D eigenvalue weighted by Crippen LogP contribution is 2.26. The molecule has 1 N–H and O–H groups in total. The van der Waals surface area contributed by atoms with Crippen LogP contribution in [0.4, 0.5) is 0 Å². The number of ether oxygens (including phenoxy) is 2. The van der Waals surface area contributed by atoms with Gasteiger partial charge in [-0.25, -0.2) is 4.79 Å². The summed E-state index contributed by atoms with van der Waals surface area (Å²) in [6.07, 6.45) is 1.53. The fourth-order valence-electron chi connectivity index (χ4n) is 2.65. The topological polar surface area (TPSA) is 77.8 Å². The first-order chi connectivity index (χ1) is 12.6. The van der Waals surface area contributed by atoms with Gasteiger partial charge in [0.2, 0.25) is 0 Å². The van der Waals surface area contributed by atoms with Crippen LogP contribution in [0.3, 0.4) is 0 Å². The van der Waals surface area contributed by atoms with Crippen LogP contribution in [-0.4, -0.2) is 25.6 Å². The minimum Gasteiger partial charge on any atom is -0.496 e. The van der Waals surface area contributed by atoms with Crippen LogP contribution in [0.15, 0.2) is 59.2 Å². The van der Waals surface area contributed by atoms with Crippen molar-refractivity contribution in [2.45, 2.75) is 13.0 Å². The first-order valence-corrected chi connectivity index (χ1v) is 8.15. The second-order valence-corrected chi connectivity index (χ2v) is 5.78. The zero-order valence-electron chi connectivity index (χ0n) is 14.5. The molecule has 1 heterocycles. The highest BCUT2D eigenvalue weighted by atomic mass is 16.5. The monoisotopic (exact) mass is 353 g/mol. The molecule has 0 saturated heterocycles. The summed E-state index contributed by atoms with van der Waals surface area (Å²) in [6.45, 7) is 1.39. The van der Waals surface area contributed by atoms with Gasteiger partial charge in [-0.1, -0.05) is 24.3 Å². The lowest BCUT2D eigenvalue weighted by Gasteiger charge is -2.13. The zero-order valence-corrected chi connectivity index (χ0v) is 14.5. The van der Waals surface area contributed by atoms with Crippen LogP contribution in [0.1, 0.15) is 29.1 Å². The third kappa shape index (κ3) is 3.85. The number of benzene rings is 2. The van der Waals surface area contributed by atoms with Gasteiger partial charge in [0.1, 0.15) is 17.1 Å². The third-order valence-corrected chi connectivity index (χ3v) is 3.97. The first-order valence-electron chi connectivity index (χ1n) is 8.15. The highest BCUT2D eigenvalue weighted by Gasteiger charge is 2.18. The molecule has 2 aromatic carbocycles. The summed E-state index contributed by atoms with van der Waals surface area (Å²) >= 11 is 0. The Balaban J connectivity index is 1.66. The predicted octanol–water partition coefficient (Wildman–Crippen LogP) is 3.48. The van der Waals surface area contributed by atoms with Crippen LogP contribution < -0.4 is 10.1 Å². The van der Waals surface area contributed by atoms with E-state index in [0.717, 1.165) is 10.8 Å². The van der Waals surface area contributed by atoms with E-state index in [-0.39, 0.29) is 18.2 Å². The number of esters is 1. The van der Waals surface area contributed by atoms with Crippen molar-refractivity contribution in [3.63, 3.8) is 0 Å². The van der Waals surface area contributed by atoms with Gasteiger partial charge in [0.05, 0.1) is 19.4 Å². The van der Waals surface area contributed by atoms with Gasteiger partial charge in [-0.3, -0.25) is 4.79 Å². The number of methoxy groups -OCH3 is 1. The fraction of sp³-hybridized carbons (Fsp3) is 0.200. The van der Waals surface area contributed by atoms with Gasteiger partial charge in [-0.2, -0.15) is 0 Å². The lowest BCUT2D eigenvalue weighted by Crippen LogP contribution is -2.31. The van der Waals surface area contributed by atoms with Gasteiger partial charge in [-0.05, 0) is 42.0 Å². The number of carbonyl (C=O) groups is 2. The van der Waals surface area contributed by atoms with Gasteiger partial charge in [0, 0.05) is 0 Å². The Labute approximate surface area is 150 Å². The average molecular weight is 353 g/mol. The molecule has 6 nitrogen and oxygen atoms in total. The molecular formula is C20H19NO5. The van der Waals surface area contributed by atoms with Gasteiger partial charge in [-0.15, -0.1) is 0 Å². The average Bonchev–Trinajstić information content (AvgIpc) is 3.20. The van der Waals surface area contributed by atoms with Crippen LogP contribution in [0.25, 0.3) is 10.8 Å². The Hall–Kier alpha value is -3.28. The van der Waals surface area contributed by atoms with E-state index in [0.29, 0.717) is 11.5 Å². The molecule has 0 bridgehead atoms. The minimum atomic E-state index is -0.617. The molecule has 3 rings (SSSR count). The number of carbonyl (C=O) groups excluding carboxylic acids is 2. The molecular weight excluding hydrogens is 334 g/mol. The normalized spacial score (nSPS) is 11.8. The Morgan fingerprint density at radius 3 is 2.50 bits per heavy atom. The number of hydrogen-bond acceptors (Lipinski definition) is 5. The van der Waals surface area contributed by atoms with E-state index in [9.17, 15) is 9.59 Å². The van der Waals surface area contributed by atoms with Gasteiger partial charge >= 0.3 is 5.97 Å². The molecule has 0 aliphatic carbocycles. The first kappa shape index (κ1) is 17.5. The fourth-order valence-corrected chi connectivity index (χ4v) is 2.65. The minimum absolute atomic E-state index is 0.276. The van der Waals surface area contributed by atoms with E-state index < -0.39 is 11.9 Å². The van der Waals surface area contributed by atoms with Crippen molar-refractivity contribution >= 4 is 22.6 Å². The summed E-state index contributed by atoms with van der Waals surface area (Å²) in [5, 5.41) is 4.54. The van der Waals surface area contributed by atoms with Crippen LogP contribution in [0.5, 0.6) is 5.75 Å². The van der Waals surface area contributed by atoms with Crippen molar-refractivity contribution in [2.75, 3.05) is 13.7 Å². The van der Waals surface area contributed by atoms with Crippen molar-refractivity contribution in [1.82, 2.24) is 5.32 Å². The summed E-state index contributed by atoms with van der Waals surface area (Å²) in [5.41, 5.74) is 0.276. The quantitative estimate of drug-likeness (QED) is 0.687. The van der Waals surface area contributed by atoms with E-state index >= 15 is 0 Å². The zero-order chi connectivity index (χ0) is 18.5. The lowest BCUT2D eigenvalue weighted by molar-refractivity contribution is -0.125. The molecule has 1 aromatic heterocycles. The van der Waals surface area contributed by atoms with Crippen molar-refractivity contribution in [3.05, 3.63) is 66.1 Å². The maximum absolute atomic E-state index is 12.4. The van der Waals surface area contributed by atoms with Crippen molar-refractivity contribution < 1.29 is 23.5 Å². The van der Waals surface area contributed by atoms with Crippen LogP contribution in [-0.2, 0) is 9.53 Å². The number of nitrogens with one attached hydrogen (secondary N) is 1. The molecule has 0 saturated carbocycles. The Kier molecular flexibility index (Phi) is 5.22. The Morgan fingerprint density at radius 1 is 1.12 bits per heavy atom. The second kappa shape index (κ2) is 7.74. The predicted molar refractivity (Wildman–Crippen MR) is 96.0 cm³/mol. The largest absolute Gasteiger partial charge is 0.496 e. The molecule has 1 atom stereocenters. The molecule has 0 unspecified atom stereocenters. The Morgan fingerprint density at radius 2 is 1.85 bits per heavy atom. The third-order valence-electron chi connectivity index (χ3n) is 3.97. The van der Waals surface area contributed by atoms with E-state index in [2.05, 4.69) is 5.32 Å². The van der Waals surface area contributed by atoms with Crippen molar-refractivity contribution in [1.29, 1.82) is 0 Å². The molecule has 0 radical (unpaired) electrons. The van der Waals surface area contributed by atoms with Crippen LogP contribution in [0.2, 0.25) is 0 Å². The van der Waals surface area contributed by atoms with Crippen molar-refractivity contribution in [2.24, 2.45) is 0 Å². The molecule has 0 aliphatic heterocycles. The van der Waals surface area contributed by atoms with Gasteiger partial charge in [0.25, 0.3) is 5.91 Å². The van der Waals surface area contributed by atoms with Gasteiger partial charge in [0.15, 0.2) is 6.61 Å². The van der Waals surface area contributed by atoms with Crippen LogP contribution in [0, 0.1) is 0 Å². The lowest BCUT2D eigenvalue weighted by atomic mass is 10.1. The smallest absolute Gasteiger partial charge is 0.342 e. The summed E-state index contributed by atoms with van der Waals surface area (Å²) in [5.74, 6) is -0.00523. The number of amides is 1. The molecule has 134 valence electrons. The number of rotatable bonds is 6. The van der Waals surface area contributed by atoms with E-state index in [1.54, 1.807) is 31.2 Å². The van der Waals surface area contributed by atoms with E-state index in [1.807, 2.05) is 24.3 Å². The SMILES string of the molecule is COc1cc2ccccc2cc1C(=O)OCC(=O)N[C@@H](C)c1ccco1. The molecule has 3 aromatic rings. The van der Waals surface area contributed by atoms with Gasteiger partial charge < -0.3 is 19.2 Å². The second-order valence-electron chi connectivity index (χ2n) is 5.78. The Bertz CT molecular complexity index is 917. The number of furan rings is 1. The molecule has 1 amide bonds. The molecule has 0 spiro atoms. The van der Waals surface area contributed by atoms with E-state index in [4.69, 9.17) is 13.9 Å². The summed E-state index contributed by atoms with van der Waals surface area (Å²) in [6, 6.07) is 14.3. The number of fused-ring (bicyclic) bond motifs is 1. The molecule has 6 heteroatoms. The maximum Gasteiger partial charge on any atom is 0.342 e. The summed E-state index contributed by atoms with van der Waals surface area (Å²) in [4.78, 5) is 24.4.